The van der Waals surface area contributed by atoms with E-state index in [1.54, 1.807) is 0 Å². The van der Waals surface area contributed by atoms with E-state index in [4.69, 9.17) is 5.73 Å². The lowest BCUT2D eigenvalue weighted by molar-refractivity contribution is 0.296. The molecule has 1 aliphatic heterocycles. The number of halogens is 1. The Morgan fingerprint density at radius 1 is 1.27 bits per heavy atom. The molecular weight excluding hydrogens is 191 g/mol. The Labute approximate surface area is 89.9 Å². The van der Waals surface area contributed by atoms with Crippen LogP contribution >= 0.6 is 0 Å². The molecule has 1 heterocycles. The molecule has 3 heteroatoms. The third-order valence-corrected chi connectivity index (χ3v) is 3.01. The van der Waals surface area contributed by atoms with Crippen molar-refractivity contribution in [3.8, 4) is 0 Å². The summed E-state index contributed by atoms with van der Waals surface area (Å²) in [6.07, 6.45) is 0. The van der Waals surface area contributed by atoms with E-state index in [2.05, 4.69) is 17.0 Å². The average molecular weight is 208 g/mol. The normalized spacial score (nSPS) is 27.1. The van der Waals surface area contributed by atoms with Gasteiger partial charge in [0.15, 0.2) is 0 Å². The van der Waals surface area contributed by atoms with Crippen LogP contribution in [0.2, 0.25) is 0 Å². The summed E-state index contributed by atoms with van der Waals surface area (Å²) in [6.45, 7) is 2.17. The van der Waals surface area contributed by atoms with Gasteiger partial charge in [-0.2, -0.15) is 0 Å². The number of benzene rings is 1. The number of nitrogens with zero attached hydrogens (tertiary/aromatic N) is 1. The second-order valence-corrected chi connectivity index (χ2v) is 4.26. The van der Waals surface area contributed by atoms with Gasteiger partial charge in [0.2, 0.25) is 0 Å². The fourth-order valence-corrected chi connectivity index (χ4v) is 2.12. The third-order valence-electron chi connectivity index (χ3n) is 3.01. The Kier molecular flexibility index (Phi) is 3.34. The molecule has 2 N–H and O–H groups in total. The van der Waals surface area contributed by atoms with Crippen LogP contribution in [-0.4, -0.2) is 30.7 Å². The van der Waals surface area contributed by atoms with Gasteiger partial charge >= 0.3 is 0 Å². The van der Waals surface area contributed by atoms with Gasteiger partial charge in [-0.15, -0.1) is 0 Å². The van der Waals surface area contributed by atoms with E-state index in [9.17, 15) is 4.39 Å². The SMILES string of the molecule is NC1CN(Cc2ccccc2)CC1CF. The number of likely N-dealkylation sites (tertiary alicyclic amines) is 1. The van der Waals surface area contributed by atoms with Crippen molar-refractivity contribution in [2.75, 3.05) is 19.8 Å². The molecule has 0 bridgehead atoms. The minimum atomic E-state index is -0.299. The Hall–Kier alpha value is -0.930. The minimum Gasteiger partial charge on any atom is -0.326 e. The summed E-state index contributed by atoms with van der Waals surface area (Å²) in [6, 6.07) is 10.2. The van der Waals surface area contributed by atoms with Crippen molar-refractivity contribution in [2.45, 2.75) is 12.6 Å². The van der Waals surface area contributed by atoms with E-state index in [-0.39, 0.29) is 18.6 Å². The van der Waals surface area contributed by atoms with Crippen molar-refractivity contribution >= 4 is 0 Å². The minimum absolute atomic E-state index is 0.00119. The highest BCUT2D eigenvalue weighted by atomic mass is 19.1. The summed E-state index contributed by atoms with van der Waals surface area (Å²) in [5.41, 5.74) is 7.12. The summed E-state index contributed by atoms with van der Waals surface area (Å²) in [5, 5.41) is 0. The summed E-state index contributed by atoms with van der Waals surface area (Å²) < 4.78 is 12.6. The molecular formula is C12H17FN2. The van der Waals surface area contributed by atoms with Gasteiger partial charge in [-0.3, -0.25) is 9.29 Å². The standard InChI is InChI=1S/C12H17FN2/c13-6-11-8-15(9-12(11)14)7-10-4-2-1-3-5-10/h1-5,11-12H,6-9,14H2. The maximum Gasteiger partial charge on any atom is 0.0950 e. The van der Waals surface area contributed by atoms with Crippen molar-refractivity contribution in [1.82, 2.24) is 4.90 Å². The van der Waals surface area contributed by atoms with Crippen molar-refractivity contribution in [3.63, 3.8) is 0 Å². The first-order valence-electron chi connectivity index (χ1n) is 5.37. The first kappa shape index (κ1) is 10.6. The quantitative estimate of drug-likeness (QED) is 0.814. The highest BCUT2D eigenvalue weighted by Crippen LogP contribution is 2.18. The summed E-state index contributed by atoms with van der Waals surface area (Å²) >= 11 is 0. The zero-order valence-electron chi connectivity index (χ0n) is 8.77. The molecule has 0 aromatic heterocycles. The molecule has 2 nitrogen and oxygen atoms in total. The molecule has 2 rings (SSSR count). The second-order valence-electron chi connectivity index (χ2n) is 4.26. The van der Waals surface area contributed by atoms with Gasteiger partial charge in [0.1, 0.15) is 0 Å². The first-order chi connectivity index (χ1) is 7.29. The number of rotatable bonds is 3. The molecule has 0 saturated carbocycles. The Morgan fingerprint density at radius 3 is 2.60 bits per heavy atom. The van der Waals surface area contributed by atoms with Gasteiger partial charge < -0.3 is 5.73 Å². The van der Waals surface area contributed by atoms with E-state index in [1.165, 1.54) is 5.56 Å². The zero-order chi connectivity index (χ0) is 10.7. The Bertz CT molecular complexity index is 302. The lowest BCUT2D eigenvalue weighted by atomic mass is 10.1. The number of hydrogen-bond acceptors (Lipinski definition) is 2. The molecule has 1 aromatic rings. The predicted octanol–water partition coefficient (Wildman–Crippen LogP) is 1.42. The van der Waals surface area contributed by atoms with Gasteiger partial charge in [-0.25, -0.2) is 0 Å². The van der Waals surface area contributed by atoms with Crippen LogP contribution in [0.4, 0.5) is 4.39 Å². The van der Waals surface area contributed by atoms with Crippen LogP contribution in [-0.2, 0) is 6.54 Å². The van der Waals surface area contributed by atoms with E-state index >= 15 is 0 Å². The molecule has 15 heavy (non-hydrogen) atoms. The zero-order valence-corrected chi connectivity index (χ0v) is 8.77. The largest absolute Gasteiger partial charge is 0.326 e. The number of hydrogen-bond donors (Lipinski definition) is 1. The van der Waals surface area contributed by atoms with Crippen LogP contribution in [0.1, 0.15) is 5.56 Å². The Balaban J connectivity index is 1.92. The molecule has 1 fully saturated rings. The smallest absolute Gasteiger partial charge is 0.0950 e. The Morgan fingerprint density at radius 2 is 2.00 bits per heavy atom. The molecule has 2 unspecified atom stereocenters. The molecule has 1 aliphatic rings. The van der Waals surface area contributed by atoms with Crippen LogP contribution in [0.5, 0.6) is 0 Å². The summed E-state index contributed by atoms with van der Waals surface area (Å²) in [4.78, 5) is 2.23. The van der Waals surface area contributed by atoms with Gasteiger partial charge in [0.05, 0.1) is 6.67 Å². The van der Waals surface area contributed by atoms with Crippen molar-refractivity contribution < 1.29 is 4.39 Å². The van der Waals surface area contributed by atoms with Crippen LogP contribution in [0.3, 0.4) is 0 Å². The van der Waals surface area contributed by atoms with Crippen LogP contribution in [0.15, 0.2) is 30.3 Å². The van der Waals surface area contributed by atoms with E-state index < -0.39 is 0 Å². The molecule has 0 aliphatic carbocycles. The lowest BCUT2D eigenvalue weighted by Crippen LogP contribution is -2.30. The molecule has 0 spiro atoms. The fourth-order valence-electron chi connectivity index (χ4n) is 2.12. The molecule has 0 amide bonds. The highest BCUT2D eigenvalue weighted by molar-refractivity contribution is 5.14. The monoisotopic (exact) mass is 208 g/mol. The average Bonchev–Trinajstić information content (AvgIpc) is 2.60. The van der Waals surface area contributed by atoms with Crippen LogP contribution in [0.25, 0.3) is 0 Å². The third kappa shape index (κ3) is 2.55. The van der Waals surface area contributed by atoms with Crippen molar-refractivity contribution in [1.29, 1.82) is 0 Å². The highest BCUT2D eigenvalue weighted by Gasteiger charge is 2.29. The van der Waals surface area contributed by atoms with E-state index in [0.29, 0.717) is 0 Å². The molecule has 0 radical (unpaired) electrons. The first-order valence-corrected chi connectivity index (χ1v) is 5.37. The van der Waals surface area contributed by atoms with Crippen molar-refractivity contribution in [3.05, 3.63) is 35.9 Å². The van der Waals surface area contributed by atoms with Gasteiger partial charge in [0, 0.05) is 31.6 Å². The summed E-state index contributed by atoms with van der Waals surface area (Å²) in [5.74, 6) is 0.0220. The van der Waals surface area contributed by atoms with Crippen LogP contribution < -0.4 is 5.73 Å². The topological polar surface area (TPSA) is 29.3 Å². The second kappa shape index (κ2) is 4.73. The maximum absolute atomic E-state index is 12.6. The molecule has 82 valence electrons. The van der Waals surface area contributed by atoms with Gasteiger partial charge in [-0.05, 0) is 5.56 Å². The fraction of sp³-hybridized carbons (Fsp3) is 0.500. The maximum atomic E-state index is 12.6. The van der Waals surface area contributed by atoms with E-state index in [0.717, 1.165) is 19.6 Å². The lowest BCUT2D eigenvalue weighted by Gasteiger charge is -2.14. The van der Waals surface area contributed by atoms with Crippen molar-refractivity contribution in [2.24, 2.45) is 11.7 Å². The number of alkyl halides is 1. The predicted molar refractivity (Wildman–Crippen MR) is 59.2 cm³/mol. The van der Waals surface area contributed by atoms with Gasteiger partial charge in [0.25, 0.3) is 0 Å². The molecule has 2 atom stereocenters. The number of nitrogens with two attached hydrogens (primary N) is 1. The van der Waals surface area contributed by atoms with Gasteiger partial charge in [-0.1, -0.05) is 30.3 Å². The van der Waals surface area contributed by atoms with Crippen LogP contribution in [0, 0.1) is 5.92 Å². The van der Waals surface area contributed by atoms with E-state index in [1.807, 2.05) is 18.2 Å². The molecule has 1 saturated heterocycles. The summed E-state index contributed by atoms with van der Waals surface area (Å²) in [7, 11) is 0. The molecule has 1 aromatic carbocycles.